The van der Waals surface area contributed by atoms with Crippen molar-refractivity contribution in [2.24, 2.45) is 0 Å². The van der Waals surface area contributed by atoms with Gasteiger partial charge in [0.25, 0.3) is 0 Å². The molecule has 5 heteroatoms. The van der Waals surface area contributed by atoms with Crippen LogP contribution in [0.4, 0.5) is 0 Å². The van der Waals surface area contributed by atoms with Crippen molar-refractivity contribution < 1.29 is 9.90 Å². The number of halogens is 1. The Morgan fingerprint density at radius 3 is 2.35 bits per heavy atom. The smallest absolute Gasteiger partial charge is 0.304 e. The molecule has 0 aliphatic carbocycles. The molecule has 23 heavy (non-hydrogen) atoms. The summed E-state index contributed by atoms with van der Waals surface area (Å²) in [5, 5.41) is 11.4. The molecule has 2 aromatic rings. The molecule has 1 aliphatic rings. The summed E-state index contributed by atoms with van der Waals surface area (Å²) in [6.45, 7) is 5.55. The summed E-state index contributed by atoms with van der Waals surface area (Å²) in [7, 11) is 0. The first-order valence-corrected chi connectivity index (χ1v) is 7.85. The van der Waals surface area contributed by atoms with Gasteiger partial charge in [-0.25, -0.2) is 0 Å². The van der Waals surface area contributed by atoms with Crippen LogP contribution in [-0.4, -0.2) is 53.6 Å². The Hall–Kier alpha value is -1.62. The lowest BCUT2D eigenvalue weighted by Gasteiger charge is -2.34. The van der Waals surface area contributed by atoms with E-state index in [4.69, 9.17) is 5.11 Å². The molecule has 1 saturated heterocycles. The quantitative estimate of drug-likeness (QED) is 0.913. The molecule has 0 radical (unpaired) electrons. The van der Waals surface area contributed by atoms with E-state index < -0.39 is 5.97 Å². The van der Waals surface area contributed by atoms with Gasteiger partial charge in [0, 0.05) is 39.3 Å². The molecule has 0 atom stereocenters. The maximum atomic E-state index is 10.6. The van der Waals surface area contributed by atoms with Crippen molar-refractivity contribution in [2.75, 3.05) is 32.7 Å². The molecular formula is C18H23ClN2O2. The maximum absolute atomic E-state index is 10.6. The number of nitrogens with zero attached hydrogens (tertiary/aromatic N) is 2. The van der Waals surface area contributed by atoms with E-state index in [1.807, 2.05) is 0 Å². The first-order chi connectivity index (χ1) is 10.7. The molecule has 0 aromatic heterocycles. The van der Waals surface area contributed by atoms with E-state index in [2.05, 4.69) is 52.3 Å². The summed E-state index contributed by atoms with van der Waals surface area (Å²) in [5.74, 6) is -0.710. The topological polar surface area (TPSA) is 43.8 Å². The zero-order valence-corrected chi connectivity index (χ0v) is 14.0. The second-order valence-electron chi connectivity index (χ2n) is 5.90. The second kappa shape index (κ2) is 8.29. The lowest BCUT2D eigenvalue weighted by Crippen LogP contribution is -2.46. The predicted octanol–water partition coefficient (Wildman–Crippen LogP) is 2.85. The maximum Gasteiger partial charge on any atom is 0.304 e. The number of hydrogen-bond acceptors (Lipinski definition) is 3. The number of carbonyl (C=O) groups is 1. The SMILES string of the molecule is Cl.O=C(O)CCN1CCN(Cc2cccc3ccccc23)CC1. The summed E-state index contributed by atoms with van der Waals surface area (Å²) in [5.41, 5.74) is 1.37. The Morgan fingerprint density at radius 1 is 0.957 bits per heavy atom. The number of rotatable bonds is 5. The minimum Gasteiger partial charge on any atom is -0.481 e. The first-order valence-electron chi connectivity index (χ1n) is 7.85. The lowest BCUT2D eigenvalue weighted by atomic mass is 10.0. The molecule has 0 unspecified atom stereocenters. The number of benzene rings is 2. The van der Waals surface area contributed by atoms with Crippen LogP contribution in [0, 0.1) is 0 Å². The molecule has 0 bridgehead atoms. The Kier molecular flexibility index (Phi) is 6.39. The predicted molar refractivity (Wildman–Crippen MR) is 95.2 cm³/mol. The van der Waals surface area contributed by atoms with E-state index in [-0.39, 0.29) is 18.8 Å². The molecular weight excluding hydrogens is 312 g/mol. The van der Waals surface area contributed by atoms with E-state index in [1.165, 1.54) is 16.3 Å². The standard InChI is InChI=1S/C18H22N2O2.ClH/c21-18(22)8-9-19-10-12-20(13-11-19)14-16-6-3-5-15-4-1-2-7-17(15)16;/h1-7H,8-14H2,(H,21,22);1H. The van der Waals surface area contributed by atoms with Crippen LogP contribution in [-0.2, 0) is 11.3 Å². The molecule has 3 rings (SSSR count). The third-order valence-electron chi connectivity index (χ3n) is 4.38. The number of fused-ring (bicyclic) bond motifs is 1. The minimum absolute atomic E-state index is 0. The summed E-state index contributed by atoms with van der Waals surface area (Å²) in [6.07, 6.45) is 0.239. The van der Waals surface area contributed by atoms with Gasteiger partial charge in [-0.1, -0.05) is 42.5 Å². The van der Waals surface area contributed by atoms with E-state index in [0.29, 0.717) is 6.54 Å². The van der Waals surface area contributed by atoms with Gasteiger partial charge in [-0.3, -0.25) is 9.69 Å². The summed E-state index contributed by atoms with van der Waals surface area (Å²) >= 11 is 0. The van der Waals surface area contributed by atoms with Crippen molar-refractivity contribution in [1.29, 1.82) is 0 Å². The summed E-state index contributed by atoms with van der Waals surface area (Å²) in [6, 6.07) is 15.0. The van der Waals surface area contributed by atoms with Crippen molar-refractivity contribution in [3.8, 4) is 0 Å². The molecule has 0 amide bonds. The van der Waals surface area contributed by atoms with E-state index in [9.17, 15) is 4.79 Å². The number of carboxylic acid groups (broad SMARTS) is 1. The van der Waals surface area contributed by atoms with E-state index in [0.717, 1.165) is 32.7 Å². The van der Waals surface area contributed by atoms with Gasteiger partial charge in [0.05, 0.1) is 6.42 Å². The third-order valence-corrected chi connectivity index (χ3v) is 4.38. The number of hydrogen-bond donors (Lipinski definition) is 1. The Balaban J connectivity index is 0.00000192. The average Bonchev–Trinajstić information content (AvgIpc) is 2.54. The summed E-state index contributed by atoms with van der Waals surface area (Å²) < 4.78 is 0. The van der Waals surface area contributed by atoms with Crippen molar-refractivity contribution in [2.45, 2.75) is 13.0 Å². The molecule has 0 spiro atoms. The number of carboxylic acids is 1. The lowest BCUT2D eigenvalue weighted by molar-refractivity contribution is -0.137. The summed E-state index contributed by atoms with van der Waals surface area (Å²) in [4.78, 5) is 15.3. The fraction of sp³-hybridized carbons (Fsp3) is 0.389. The molecule has 4 nitrogen and oxygen atoms in total. The van der Waals surface area contributed by atoms with Crippen LogP contribution in [0.3, 0.4) is 0 Å². The molecule has 0 saturated carbocycles. The van der Waals surface area contributed by atoms with Crippen LogP contribution in [0.2, 0.25) is 0 Å². The van der Waals surface area contributed by atoms with Crippen molar-refractivity contribution in [3.05, 3.63) is 48.0 Å². The highest BCUT2D eigenvalue weighted by Crippen LogP contribution is 2.20. The van der Waals surface area contributed by atoms with Crippen LogP contribution in [0.5, 0.6) is 0 Å². The molecule has 1 N–H and O–H groups in total. The highest BCUT2D eigenvalue weighted by molar-refractivity contribution is 5.86. The monoisotopic (exact) mass is 334 g/mol. The van der Waals surface area contributed by atoms with Gasteiger partial charge in [-0.15, -0.1) is 12.4 Å². The van der Waals surface area contributed by atoms with Gasteiger partial charge in [-0.2, -0.15) is 0 Å². The van der Waals surface area contributed by atoms with Crippen LogP contribution < -0.4 is 0 Å². The van der Waals surface area contributed by atoms with Gasteiger partial charge in [0.2, 0.25) is 0 Å². The largest absolute Gasteiger partial charge is 0.481 e. The van der Waals surface area contributed by atoms with Gasteiger partial charge in [0.1, 0.15) is 0 Å². The zero-order chi connectivity index (χ0) is 15.4. The first kappa shape index (κ1) is 17.7. The fourth-order valence-electron chi connectivity index (χ4n) is 3.10. The number of aliphatic carboxylic acids is 1. The number of piperazine rings is 1. The normalized spacial score (nSPS) is 16.2. The van der Waals surface area contributed by atoms with Crippen LogP contribution in [0.1, 0.15) is 12.0 Å². The van der Waals surface area contributed by atoms with E-state index in [1.54, 1.807) is 0 Å². The Labute approximate surface area is 143 Å². The van der Waals surface area contributed by atoms with Crippen molar-refractivity contribution in [1.82, 2.24) is 9.80 Å². The Morgan fingerprint density at radius 2 is 1.61 bits per heavy atom. The Bertz CT molecular complexity index is 649. The molecule has 1 heterocycles. The second-order valence-corrected chi connectivity index (χ2v) is 5.90. The fourth-order valence-corrected chi connectivity index (χ4v) is 3.10. The highest BCUT2D eigenvalue weighted by atomic mass is 35.5. The van der Waals surface area contributed by atoms with Gasteiger partial charge in [-0.05, 0) is 16.3 Å². The molecule has 1 aliphatic heterocycles. The van der Waals surface area contributed by atoms with Gasteiger partial charge < -0.3 is 10.0 Å². The van der Waals surface area contributed by atoms with Crippen LogP contribution in [0.15, 0.2) is 42.5 Å². The molecule has 2 aromatic carbocycles. The van der Waals surface area contributed by atoms with Crippen molar-refractivity contribution >= 4 is 29.1 Å². The van der Waals surface area contributed by atoms with Gasteiger partial charge in [0.15, 0.2) is 0 Å². The van der Waals surface area contributed by atoms with Gasteiger partial charge >= 0.3 is 5.97 Å². The zero-order valence-electron chi connectivity index (χ0n) is 13.1. The van der Waals surface area contributed by atoms with Crippen LogP contribution in [0.25, 0.3) is 10.8 Å². The molecule has 1 fully saturated rings. The van der Waals surface area contributed by atoms with Crippen LogP contribution >= 0.6 is 12.4 Å². The minimum atomic E-state index is -0.710. The third kappa shape index (κ3) is 4.67. The van der Waals surface area contributed by atoms with E-state index >= 15 is 0 Å². The molecule has 124 valence electrons. The highest BCUT2D eigenvalue weighted by Gasteiger charge is 2.17. The van der Waals surface area contributed by atoms with Crippen molar-refractivity contribution in [3.63, 3.8) is 0 Å². The average molecular weight is 335 g/mol.